The molecule has 0 fully saturated rings. The Balaban J connectivity index is 0.00000225. The van der Waals surface area contributed by atoms with E-state index in [-0.39, 0.29) is 24.0 Å². The number of nitrogens with zero attached hydrogens (tertiary/aromatic N) is 2. The predicted molar refractivity (Wildman–Crippen MR) is 115 cm³/mol. The van der Waals surface area contributed by atoms with Crippen LogP contribution in [0.1, 0.15) is 5.76 Å². The fourth-order valence-electron chi connectivity index (χ4n) is 2.28. The number of benzene rings is 1. The molecule has 0 aliphatic heterocycles. The third-order valence-corrected chi connectivity index (χ3v) is 4.45. The predicted octanol–water partition coefficient (Wildman–Crippen LogP) is 3.33. The first-order chi connectivity index (χ1) is 11.8. The summed E-state index contributed by atoms with van der Waals surface area (Å²) >= 11 is 1.67. The third kappa shape index (κ3) is 5.89. The van der Waals surface area contributed by atoms with Crippen molar-refractivity contribution in [3.63, 3.8) is 0 Å². The van der Waals surface area contributed by atoms with Crippen LogP contribution in [0.4, 0.5) is 5.13 Å². The summed E-state index contributed by atoms with van der Waals surface area (Å²) in [6.45, 7) is 2.31. The summed E-state index contributed by atoms with van der Waals surface area (Å²) in [5.74, 6) is 1.75. The summed E-state index contributed by atoms with van der Waals surface area (Å²) in [5.41, 5.74) is 1.04. The Kier molecular flexibility index (Phi) is 7.99. The molecule has 134 valence electrons. The molecule has 3 rings (SSSR count). The first-order valence-corrected chi connectivity index (χ1v) is 8.73. The average molecular weight is 471 g/mol. The van der Waals surface area contributed by atoms with E-state index >= 15 is 0 Å². The van der Waals surface area contributed by atoms with Crippen molar-refractivity contribution in [1.29, 1.82) is 0 Å². The number of aliphatic imine (C=N–C) groups is 1. The molecule has 0 bridgehead atoms. The highest BCUT2D eigenvalue weighted by atomic mass is 127. The van der Waals surface area contributed by atoms with E-state index in [0.29, 0.717) is 0 Å². The van der Waals surface area contributed by atoms with Gasteiger partial charge in [-0.2, -0.15) is 0 Å². The van der Waals surface area contributed by atoms with Gasteiger partial charge in [-0.1, -0.05) is 23.5 Å². The van der Waals surface area contributed by atoms with E-state index < -0.39 is 0 Å². The standard InChI is InChI=1S/C17H21N5OS.HI/c1-18-16(19-9-8-13-5-4-12-23-13)20-10-11-21-17-22-14-6-2-3-7-15(14)24-17;/h2-7,12H,8-11H2,1H3,(H,21,22)(H2,18,19,20);1H. The molecule has 1 aromatic carbocycles. The van der Waals surface area contributed by atoms with Gasteiger partial charge in [0.2, 0.25) is 0 Å². The molecule has 2 heterocycles. The van der Waals surface area contributed by atoms with Crippen LogP contribution in [0.15, 0.2) is 52.1 Å². The number of aromatic nitrogens is 1. The van der Waals surface area contributed by atoms with E-state index in [4.69, 9.17) is 4.42 Å². The number of halogens is 1. The summed E-state index contributed by atoms with van der Waals surface area (Å²) < 4.78 is 6.50. The highest BCUT2D eigenvalue weighted by Gasteiger charge is 2.02. The van der Waals surface area contributed by atoms with Crippen molar-refractivity contribution in [2.24, 2.45) is 4.99 Å². The van der Waals surface area contributed by atoms with Crippen LogP contribution in [0, 0.1) is 0 Å². The SMILES string of the molecule is CN=C(NCCNc1nc2ccccc2s1)NCCc1ccco1.I. The smallest absolute Gasteiger partial charge is 0.191 e. The van der Waals surface area contributed by atoms with E-state index in [1.165, 1.54) is 4.70 Å². The molecule has 2 aromatic heterocycles. The molecule has 25 heavy (non-hydrogen) atoms. The van der Waals surface area contributed by atoms with Crippen molar-refractivity contribution >= 4 is 56.6 Å². The maximum absolute atomic E-state index is 5.31. The third-order valence-electron chi connectivity index (χ3n) is 3.46. The molecule has 0 unspecified atom stereocenters. The van der Waals surface area contributed by atoms with Crippen molar-refractivity contribution in [3.05, 3.63) is 48.4 Å². The molecular weight excluding hydrogens is 449 g/mol. The number of nitrogens with one attached hydrogen (secondary N) is 3. The van der Waals surface area contributed by atoms with Crippen LogP contribution in [0.2, 0.25) is 0 Å². The molecule has 0 aliphatic carbocycles. The minimum atomic E-state index is 0. The molecule has 0 amide bonds. The van der Waals surface area contributed by atoms with Crippen LogP contribution in [0.5, 0.6) is 0 Å². The molecular formula is C17H22IN5OS. The van der Waals surface area contributed by atoms with Gasteiger partial charge in [0.15, 0.2) is 11.1 Å². The largest absolute Gasteiger partial charge is 0.469 e. The van der Waals surface area contributed by atoms with Crippen molar-refractivity contribution < 1.29 is 4.42 Å². The maximum atomic E-state index is 5.31. The lowest BCUT2D eigenvalue weighted by atomic mass is 10.3. The topological polar surface area (TPSA) is 74.5 Å². The Labute approximate surface area is 168 Å². The van der Waals surface area contributed by atoms with Crippen LogP contribution in [-0.2, 0) is 6.42 Å². The molecule has 3 N–H and O–H groups in total. The Morgan fingerprint density at radius 2 is 1.96 bits per heavy atom. The number of thiazole rings is 1. The minimum Gasteiger partial charge on any atom is -0.469 e. The molecule has 6 nitrogen and oxygen atoms in total. The fraction of sp³-hybridized carbons (Fsp3) is 0.294. The zero-order chi connectivity index (χ0) is 16.6. The highest BCUT2D eigenvalue weighted by molar-refractivity contribution is 14.0. The van der Waals surface area contributed by atoms with Crippen LogP contribution >= 0.6 is 35.3 Å². The maximum Gasteiger partial charge on any atom is 0.191 e. The second-order valence-electron chi connectivity index (χ2n) is 5.17. The van der Waals surface area contributed by atoms with Gasteiger partial charge in [0.05, 0.1) is 16.5 Å². The molecule has 3 aromatic rings. The number of hydrogen-bond acceptors (Lipinski definition) is 5. The molecule has 0 saturated carbocycles. The number of para-hydroxylation sites is 1. The van der Waals surface area contributed by atoms with Crippen molar-refractivity contribution in [3.8, 4) is 0 Å². The van der Waals surface area contributed by atoms with Gasteiger partial charge in [-0.15, -0.1) is 24.0 Å². The summed E-state index contributed by atoms with van der Waals surface area (Å²) in [4.78, 5) is 8.76. The van der Waals surface area contributed by atoms with Crippen molar-refractivity contribution in [2.45, 2.75) is 6.42 Å². The average Bonchev–Trinajstić information content (AvgIpc) is 3.25. The van der Waals surface area contributed by atoms with Crippen molar-refractivity contribution in [2.75, 3.05) is 32.0 Å². The van der Waals surface area contributed by atoms with Gasteiger partial charge in [-0.3, -0.25) is 4.99 Å². The number of fused-ring (bicyclic) bond motifs is 1. The van der Waals surface area contributed by atoms with E-state index in [1.54, 1.807) is 24.6 Å². The van der Waals surface area contributed by atoms with Crippen molar-refractivity contribution in [1.82, 2.24) is 15.6 Å². The second kappa shape index (κ2) is 10.2. The summed E-state index contributed by atoms with van der Waals surface area (Å²) in [7, 11) is 1.77. The number of hydrogen-bond donors (Lipinski definition) is 3. The lowest BCUT2D eigenvalue weighted by molar-refractivity contribution is 0.507. The van der Waals surface area contributed by atoms with Crippen LogP contribution in [0.25, 0.3) is 10.2 Å². The molecule has 0 radical (unpaired) electrons. The monoisotopic (exact) mass is 471 g/mol. The number of guanidine groups is 1. The van der Waals surface area contributed by atoms with E-state index in [0.717, 1.165) is 48.4 Å². The molecule has 0 aliphatic rings. The lowest BCUT2D eigenvalue weighted by Gasteiger charge is -2.11. The Morgan fingerprint density at radius 3 is 2.72 bits per heavy atom. The molecule has 0 atom stereocenters. The Morgan fingerprint density at radius 1 is 1.12 bits per heavy atom. The van der Waals surface area contributed by atoms with Gasteiger partial charge in [0.1, 0.15) is 5.76 Å². The number of rotatable bonds is 7. The lowest BCUT2D eigenvalue weighted by Crippen LogP contribution is -2.40. The van der Waals surface area contributed by atoms with Gasteiger partial charge in [-0.25, -0.2) is 4.98 Å². The van der Waals surface area contributed by atoms with E-state index in [2.05, 4.69) is 32.0 Å². The fourth-order valence-corrected chi connectivity index (χ4v) is 3.17. The van der Waals surface area contributed by atoms with Gasteiger partial charge < -0.3 is 20.4 Å². The number of furan rings is 1. The minimum absolute atomic E-state index is 0. The Hall–Kier alpha value is -1.81. The van der Waals surface area contributed by atoms with Gasteiger partial charge in [-0.05, 0) is 24.3 Å². The van der Waals surface area contributed by atoms with E-state index in [1.807, 2.05) is 30.3 Å². The normalized spacial score (nSPS) is 11.2. The molecule has 8 heteroatoms. The molecule has 0 saturated heterocycles. The Bertz CT molecular complexity index is 754. The van der Waals surface area contributed by atoms with Gasteiger partial charge >= 0.3 is 0 Å². The quantitative estimate of drug-likeness (QED) is 0.213. The van der Waals surface area contributed by atoms with Crippen LogP contribution < -0.4 is 16.0 Å². The highest BCUT2D eigenvalue weighted by Crippen LogP contribution is 2.24. The number of anilines is 1. The first-order valence-electron chi connectivity index (χ1n) is 7.91. The second-order valence-corrected chi connectivity index (χ2v) is 6.20. The van der Waals surface area contributed by atoms with Crippen LogP contribution in [0.3, 0.4) is 0 Å². The molecule has 0 spiro atoms. The van der Waals surface area contributed by atoms with E-state index in [9.17, 15) is 0 Å². The van der Waals surface area contributed by atoms with Crippen LogP contribution in [-0.4, -0.2) is 37.6 Å². The first kappa shape index (κ1) is 19.5. The van der Waals surface area contributed by atoms with Gasteiger partial charge in [0.25, 0.3) is 0 Å². The summed E-state index contributed by atoms with van der Waals surface area (Å²) in [5, 5.41) is 10.8. The summed E-state index contributed by atoms with van der Waals surface area (Å²) in [6.07, 6.45) is 2.52. The zero-order valence-electron chi connectivity index (χ0n) is 14.0. The van der Waals surface area contributed by atoms with Gasteiger partial charge in [0, 0.05) is 33.1 Å². The zero-order valence-corrected chi connectivity index (χ0v) is 17.1. The summed E-state index contributed by atoms with van der Waals surface area (Å²) in [6, 6.07) is 12.0.